The third kappa shape index (κ3) is 3.24. The van der Waals surface area contributed by atoms with E-state index in [4.69, 9.17) is 0 Å². The lowest BCUT2D eigenvalue weighted by atomic mass is 10.2. The van der Waals surface area contributed by atoms with Gasteiger partial charge >= 0.3 is 0 Å². The predicted octanol–water partition coefficient (Wildman–Crippen LogP) is 3.55. The Balaban J connectivity index is 0.000000561. The first-order chi connectivity index (χ1) is 5.84. The Hall–Kier alpha value is -1.24. The van der Waals surface area contributed by atoms with Crippen molar-refractivity contribution in [1.82, 2.24) is 4.98 Å². The Morgan fingerprint density at radius 2 is 2.08 bits per heavy atom. The van der Waals surface area contributed by atoms with E-state index in [0.29, 0.717) is 0 Å². The molecule has 0 fully saturated rings. The van der Waals surface area contributed by atoms with Gasteiger partial charge in [0.25, 0.3) is 0 Å². The number of allylic oxidation sites excluding steroid dienone is 2. The standard InChI is InChI=1S/C9H11N.C2H6/c1-3-4-5-9-8(2)6-7-10-9;1-2/h3-7,10H,1H2,2H3;1-2H3/b5-4-;. The third-order valence-corrected chi connectivity index (χ3v) is 1.40. The van der Waals surface area contributed by atoms with Crippen LogP contribution in [0.15, 0.2) is 31.0 Å². The van der Waals surface area contributed by atoms with E-state index in [-0.39, 0.29) is 0 Å². The molecule has 1 rings (SSSR count). The summed E-state index contributed by atoms with van der Waals surface area (Å²) in [5.74, 6) is 0. The monoisotopic (exact) mass is 163 g/mol. The van der Waals surface area contributed by atoms with Gasteiger partial charge < -0.3 is 4.98 Å². The second kappa shape index (κ2) is 6.47. The molecule has 1 heterocycles. The molecule has 0 spiro atoms. The number of aromatic amines is 1. The van der Waals surface area contributed by atoms with Gasteiger partial charge in [0.05, 0.1) is 0 Å². The maximum absolute atomic E-state index is 3.59. The Bertz CT molecular complexity index is 243. The average Bonchev–Trinajstić information content (AvgIpc) is 2.51. The summed E-state index contributed by atoms with van der Waals surface area (Å²) < 4.78 is 0. The topological polar surface area (TPSA) is 15.8 Å². The van der Waals surface area contributed by atoms with Gasteiger partial charge in [-0.3, -0.25) is 0 Å². The SMILES string of the molecule is C=C/C=C\c1[nH]ccc1C.CC. The van der Waals surface area contributed by atoms with Crippen LogP contribution in [-0.4, -0.2) is 4.98 Å². The Morgan fingerprint density at radius 3 is 2.50 bits per heavy atom. The molecule has 66 valence electrons. The molecule has 0 saturated carbocycles. The summed E-state index contributed by atoms with van der Waals surface area (Å²) in [6, 6.07) is 2.04. The summed E-state index contributed by atoms with van der Waals surface area (Å²) in [5.41, 5.74) is 2.41. The fraction of sp³-hybridized carbons (Fsp3) is 0.273. The summed E-state index contributed by atoms with van der Waals surface area (Å²) in [4.78, 5) is 3.11. The molecule has 1 heteroatoms. The van der Waals surface area contributed by atoms with Crippen molar-refractivity contribution >= 4 is 6.08 Å². The van der Waals surface area contributed by atoms with Gasteiger partial charge in [-0.1, -0.05) is 32.6 Å². The zero-order valence-electron chi connectivity index (χ0n) is 8.09. The van der Waals surface area contributed by atoms with Crippen molar-refractivity contribution in [2.75, 3.05) is 0 Å². The molecular formula is C11H17N. The van der Waals surface area contributed by atoms with Crippen LogP contribution in [0.5, 0.6) is 0 Å². The summed E-state index contributed by atoms with van der Waals surface area (Å²) in [6.45, 7) is 9.66. The lowest BCUT2D eigenvalue weighted by Crippen LogP contribution is -1.72. The summed E-state index contributed by atoms with van der Waals surface area (Å²) in [6.07, 6.45) is 7.61. The third-order valence-electron chi connectivity index (χ3n) is 1.40. The first-order valence-electron chi connectivity index (χ1n) is 4.27. The molecule has 0 unspecified atom stereocenters. The predicted molar refractivity (Wildman–Crippen MR) is 56.1 cm³/mol. The van der Waals surface area contributed by atoms with Crippen LogP contribution in [0.25, 0.3) is 6.08 Å². The van der Waals surface area contributed by atoms with E-state index in [1.54, 1.807) is 6.08 Å². The van der Waals surface area contributed by atoms with Gasteiger partial charge in [0.15, 0.2) is 0 Å². The van der Waals surface area contributed by atoms with Crippen LogP contribution < -0.4 is 0 Å². The van der Waals surface area contributed by atoms with Crippen molar-refractivity contribution in [2.24, 2.45) is 0 Å². The highest BCUT2D eigenvalue weighted by Crippen LogP contribution is 2.05. The van der Waals surface area contributed by atoms with Crippen molar-refractivity contribution in [3.63, 3.8) is 0 Å². The first-order valence-corrected chi connectivity index (χ1v) is 4.27. The maximum Gasteiger partial charge on any atom is 0.0409 e. The average molecular weight is 163 g/mol. The zero-order chi connectivity index (χ0) is 9.40. The van der Waals surface area contributed by atoms with Crippen LogP contribution >= 0.6 is 0 Å². The molecule has 0 aliphatic rings. The van der Waals surface area contributed by atoms with Crippen LogP contribution in [0, 0.1) is 6.92 Å². The molecule has 0 atom stereocenters. The number of hydrogen-bond donors (Lipinski definition) is 1. The molecule has 1 N–H and O–H groups in total. The van der Waals surface area contributed by atoms with E-state index in [1.807, 2.05) is 38.3 Å². The van der Waals surface area contributed by atoms with Crippen molar-refractivity contribution in [3.8, 4) is 0 Å². The molecule has 1 nitrogen and oxygen atoms in total. The molecule has 0 amide bonds. The maximum atomic E-state index is 3.59. The van der Waals surface area contributed by atoms with Gasteiger partial charge in [-0.25, -0.2) is 0 Å². The number of aryl methyl sites for hydroxylation is 1. The van der Waals surface area contributed by atoms with Gasteiger partial charge in [0, 0.05) is 11.9 Å². The fourth-order valence-corrected chi connectivity index (χ4v) is 0.804. The molecule has 0 aromatic carbocycles. The minimum atomic E-state index is 1.15. The molecule has 1 aromatic rings. The Morgan fingerprint density at radius 1 is 1.42 bits per heavy atom. The van der Waals surface area contributed by atoms with Crippen molar-refractivity contribution in [1.29, 1.82) is 0 Å². The summed E-state index contributed by atoms with van der Waals surface area (Å²) in [7, 11) is 0. The van der Waals surface area contributed by atoms with E-state index in [0.717, 1.165) is 5.69 Å². The largest absolute Gasteiger partial charge is 0.361 e. The van der Waals surface area contributed by atoms with Crippen molar-refractivity contribution in [3.05, 3.63) is 42.3 Å². The molecule has 0 radical (unpaired) electrons. The van der Waals surface area contributed by atoms with Crippen molar-refractivity contribution in [2.45, 2.75) is 20.8 Å². The molecule has 0 saturated heterocycles. The van der Waals surface area contributed by atoms with E-state index >= 15 is 0 Å². The summed E-state index contributed by atoms with van der Waals surface area (Å²) in [5, 5.41) is 0. The number of aromatic nitrogens is 1. The Kier molecular flexibility index (Phi) is 5.80. The molecule has 0 aliphatic heterocycles. The van der Waals surface area contributed by atoms with Gasteiger partial charge in [-0.15, -0.1) is 0 Å². The molecule has 1 aromatic heterocycles. The molecular weight excluding hydrogens is 146 g/mol. The van der Waals surface area contributed by atoms with Crippen LogP contribution in [0.1, 0.15) is 25.1 Å². The van der Waals surface area contributed by atoms with Crippen LogP contribution in [0.3, 0.4) is 0 Å². The summed E-state index contributed by atoms with van der Waals surface area (Å²) >= 11 is 0. The first kappa shape index (κ1) is 10.8. The minimum absolute atomic E-state index is 1.15. The number of hydrogen-bond acceptors (Lipinski definition) is 0. The van der Waals surface area contributed by atoms with Gasteiger partial charge in [-0.05, 0) is 24.6 Å². The molecule has 0 bridgehead atoms. The van der Waals surface area contributed by atoms with E-state index in [9.17, 15) is 0 Å². The zero-order valence-corrected chi connectivity index (χ0v) is 8.09. The number of rotatable bonds is 2. The second-order valence-corrected chi connectivity index (χ2v) is 2.17. The number of H-pyrrole nitrogens is 1. The van der Waals surface area contributed by atoms with Crippen LogP contribution in [-0.2, 0) is 0 Å². The molecule has 12 heavy (non-hydrogen) atoms. The van der Waals surface area contributed by atoms with Crippen LogP contribution in [0.2, 0.25) is 0 Å². The van der Waals surface area contributed by atoms with Gasteiger partial charge in [-0.2, -0.15) is 0 Å². The fourth-order valence-electron chi connectivity index (χ4n) is 0.804. The quantitative estimate of drug-likeness (QED) is 0.642. The lowest BCUT2D eigenvalue weighted by Gasteiger charge is -1.86. The minimum Gasteiger partial charge on any atom is -0.361 e. The van der Waals surface area contributed by atoms with Gasteiger partial charge in [0.1, 0.15) is 0 Å². The van der Waals surface area contributed by atoms with E-state index in [2.05, 4.69) is 18.5 Å². The number of nitrogens with one attached hydrogen (secondary N) is 1. The molecule has 0 aliphatic carbocycles. The lowest BCUT2D eigenvalue weighted by molar-refractivity contribution is 1.34. The second-order valence-electron chi connectivity index (χ2n) is 2.17. The normalized spacial score (nSPS) is 9.25. The Labute approximate surface area is 74.8 Å². The highest BCUT2D eigenvalue weighted by Gasteiger charge is 1.90. The van der Waals surface area contributed by atoms with Gasteiger partial charge in [0.2, 0.25) is 0 Å². The highest BCUT2D eigenvalue weighted by atomic mass is 14.7. The van der Waals surface area contributed by atoms with Crippen LogP contribution in [0.4, 0.5) is 0 Å². The smallest absolute Gasteiger partial charge is 0.0409 e. The van der Waals surface area contributed by atoms with E-state index in [1.165, 1.54) is 5.56 Å². The van der Waals surface area contributed by atoms with Crippen molar-refractivity contribution < 1.29 is 0 Å². The highest BCUT2D eigenvalue weighted by molar-refractivity contribution is 5.50. The van der Waals surface area contributed by atoms with E-state index < -0.39 is 0 Å².